The molecule has 1 heterocycles. The van der Waals surface area contributed by atoms with Crippen LogP contribution in [0.2, 0.25) is 0 Å². The highest BCUT2D eigenvalue weighted by Gasteiger charge is 2.38. The average Bonchev–Trinajstić information content (AvgIpc) is 2.36. The van der Waals surface area contributed by atoms with E-state index in [4.69, 9.17) is 4.74 Å². The summed E-state index contributed by atoms with van der Waals surface area (Å²) in [5.41, 5.74) is -0.703. The van der Waals surface area contributed by atoms with E-state index in [0.29, 0.717) is 0 Å². The van der Waals surface area contributed by atoms with Crippen LogP contribution in [0.25, 0.3) is 0 Å². The maximum absolute atomic E-state index is 12.6. The molecule has 0 atom stereocenters. The molecule has 2 rings (SSSR count). The van der Waals surface area contributed by atoms with E-state index < -0.39 is 32.6 Å². The largest absolute Gasteiger partial charge is 0.573 e. The fourth-order valence-electron chi connectivity index (χ4n) is 2.19. The highest BCUT2D eigenvalue weighted by molar-refractivity contribution is 7.89. The van der Waals surface area contributed by atoms with Crippen molar-refractivity contribution in [2.45, 2.75) is 30.7 Å². The molecule has 124 valence electrons. The van der Waals surface area contributed by atoms with Gasteiger partial charge in [-0.1, -0.05) is 12.1 Å². The molecule has 1 aromatic carbocycles. The minimum atomic E-state index is -4.96. The van der Waals surface area contributed by atoms with Crippen LogP contribution >= 0.6 is 0 Å². The van der Waals surface area contributed by atoms with Gasteiger partial charge in [0, 0.05) is 13.1 Å². The Morgan fingerprint density at radius 1 is 1.27 bits per heavy atom. The van der Waals surface area contributed by atoms with Crippen LogP contribution in [0.5, 0.6) is 5.75 Å². The molecule has 0 spiro atoms. The van der Waals surface area contributed by atoms with Crippen molar-refractivity contribution in [3.8, 4) is 5.75 Å². The number of hydrogen-bond acceptors (Lipinski definition) is 4. The Balaban J connectivity index is 2.38. The highest BCUT2D eigenvalue weighted by atomic mass is 32.2. The molecule has 1 aromatic rings. The monoisotopic (exact) mass is 339 g/mol. The SMILES string of the molecule is CC1(C)CN(S(=O)(=O)c2ccccc2OC(F)(F)F)CCO1. The van der Waals surface area contributed by atoms with Crippen LogP contribution < -0.4 is 4.74 Å². The number of sulfonamides is 1. The topological polar surface area (TPSA) is 55.8 Å². The van der Waals surface area contributed by atoms with Crippen molar-refractivity contribution >= 4 is 10.0 Å². The van der Waals surface area contributed by atoms with Crippen LogP contribution in [-0.2, 0) is 14.8 Å². The molecule has 0 N–H and O–H groups in total. The van der Waals surface area contributed by atoms with Crippen LogP contribution in [0, 0.1) is 0 Å². The van der Waals surface area contributed by atoms with E-state index in [-0.39, 0.29) is 19.7 Å². The molecule has 0 radical (unpaired) electrons. The van der Waals surface area contributed by atoms with Crippen LogP contribution in [0.4, 0.5) is 13.2 Å². The van der Waals surface area contributed by atoms with Crippen molar-refractivity contribution in [3.63, 3.8) is 0 Å². The predicted molar refractivity (Wildman–Crippen MR) is 71.9 cm³/mol. The first-order valence-corrected chi connectivity index (χ1v) is 7.94. The number of ether oxygens (including phenoxy) is 2. The summed E-state index contributed by atoms with van der Waals surface area (Å²) in [7, 11) is -4.11. The number of rotatable bonds is 3. The smallest absolute Gasteiger partial charge is 0.404 e. The van der Waals surface area contributed by atoms with Crippen LogP contribution in [-0.4, -0.2) is 44.4 Å². The number of morpholine rings is 1. The van der Waals surface area contributed by atoms with E-state index in [0.717, 1.165) is 16.4 Å². The van der Waals surface area contributed by atoms with Crippen molar-refractivity contribution in [1.29, 1.82) is 0 Å². The molecule has 1 aliphatic heterocycles. The normalized spacial score (nSPS) is 19.9. The summed E-state index contributed by atoms with van der Waals surface area (Å²) in [5.74, 6) is -0.737. The summed E-state index contributed by atoms with van der Waals surface area (Å²) in [6, 6.07) is 4.70. The summed E-state index contributed by atoms with van der Waals surface area (Å²) in [6.07, 6.45) is -4.96. The molecule has 0 bridgehead atoms. The fourth-order valence-corrected chi connectivity index (χ4v) is 3.88. The van der Waals surface area contributed by atoms with Crippen molar-refractivity contribution in [3.05, 3.63) is 24.3 Å². The molecule has 0 aliphatic carbocycles. The summed E-state index contributed by atoms with van der Waals surface area (Å²) >= 11 is 0. The van der Waals surface area contributed by atoms with E-state index in [1.165, 1.54) is 12.1 Å². The van der Waals surface area contributed by atoms with Crippen molar-refractivity contribution in [1.82, 2.24) is 4.31 Å². The first kappa shape index (κ1) is 17.0. The molecule has 9 heteroatoms. The summed E-state index contributed by atoms with van der Waals surface area (Å²) < 4.78 is 72.8. The highest BCUT2D eigenvalue weighted by Crippen LogP contribution is 2.32. The third kappa shape index (κ3) is 3.90. The van der Waals surface area contributed by atoms with Gasteiger partial charge >= 0.3 is 6.36 Å². The Labute approximate surface area is 126 Å². The summed E-state index contributed by atoms with van der Waals surface area (Å²) in [4.78, 5) is -0.509. The minimum absolute atomic E-state index is 0.0513. The average molecular weight is 339 g/mol. The second kappa shape index (κ2) is 5.71. The molecule has 0 amide bonds. The Hall–Kier alpha value is -1.32. The van der Waals surface area contributed by atoms with Crippen LogP contribution in [0.1, 0.15) is 13.8 Å². The van der Waals surface area contributed by atoms with Gasteiger partial charge in [0.2, 0.25) is 10.0 Å². The Morgan fingerprint density at radius 3 is 2.50 bits per heavy atom. The number of nitrogens with zero attached hydrogens (tertiary/aromatic N) is 1. The third-order valence-corrected chi connectivity index (χ3v) is 4.97. The zero-order valence-electron chi connectivity index (χ0n) is 12.1. The van der Waals surface area contributed by atoms with Gasteiger partial charge in [-0.05, 0) is 26.0 Å². The molecule has 1 fully saturated rings. The summed E-state index contributed by atoms with van der Waals surface area (Å²) in [6.45, 7) is 3.73. The van der Waals surface area contributed by atoms with E-state index in [9.17, 15) is 21.6 Å². The Morgan fingerprint density at radius 2 is 1.91 bits per heavy atom. The number of alkyl halides is 3. The Kier molecular flexibility index (Phi) is 4.42. The lowest BCUT2D eigenvalue weighted by Crippen LogP contribution is -2.50. The third-order valence-electron chi connectivity index (χ3n) is 3.08. The van der Waals surface area contributed by atoms with Gasteiger partial charge in [-0.15, -0.1) is 13.2 Å². The second-order valence-corrected chi connectivity index (χ2v) is 7.35. The maximum atomic E-state index is 12.6. The zero-order chi connectivity index (χ0) is 16.6. The molecule has 1 saturated heterocycles. The molecule has 0 saturated carbocycles. The fraction of sp³-hybridized carbons (Fsp3) is 0.538. The number of benzene rings is 1. The minimum Gasteiger partial charge on any atom is -0.404 e. The van der Waals surface area contributed by atoms with Crippen LogP contribution in [0.15, 0.2) is 29.2 Å². The van der Waals surface area contributed by atoms with Gasteiger partial charge in [0.1, 0.15) is 10.6 Å². The molecule has 0 unspecified atom stereocenters. The maximum Gasteiger partial charge on any atom is 0.573 e. The van der Waals surface area contributed by atoms with Crippen molar-refractivity contribution < 1.29 is 31.1 Å². The van der Waals surface area contributed by atoms with Gasteiger partial charge in [-0.3, -0.25) is 0 Å². The van der Waals surface area contributed by atoms with Crippen molar-refractivity contribution in [2.75, 3.05) is 19.7 Å². The first-order valence-electron chi connectivity index (χ1n) is 6.50. The zero-order valence-corrected chi connectivity index (χ0v) is 12.9. The lowest BCUT2D eigenvalue weighted by molar-refractivity contribution is -0.275. The lowest BCUT2D eigenvalue weighted by Gasteiger charge is -2.37. The van der Waals surface area contributed by atoms with Gasteiger partial charge in [0.05, 0.1) is 12.2 Å². The number of hydrogen-bond donors (Lipinski definition) is 0. The number of para-hydroxylation sites is 1. The first-order chi connectivity index (χ1) is 10.0. The van der Waals surface area contributed by atoms with Gasteiger partial charge in [0.25, 0.3) is 0 Å². The molecule has 0 aromatic heterocycles. The Bertz CT molecular complexity index is 643. The molecular formula is C13H16F3NO4S. The second-order valence-electron chi connectivity index (χ2n) is 5.44. The van der Waals surface area contributed by atoms with Gasteiger partial charge in [-0.25, -0.2) is 8.42 Å². The molecule has 1 aliphatic rings. The lowest BCUT2D eigenvalue weighted by atomic mass is 10.1. The number of halogens is 3. The standard InChI is InChI=1S/C13H16F3NO4S/c1-12(2)9-17(7-8-20-12)22(18,19)11-6-4-3-5-10(11)21-13(14,15)16/h3-6H,7-9H2,1-2H3. The van der Waals surface area contributed by atoms with E-state index in [1.807, 2.05) is 0 Å². The van der Waals surface area contributed by atoms with Gasteiger partial charge in [0.15, 0.2) is 0 Å². The molecule has 22 heavy (non-hydrogen) atoms. The van der Waals surface area contributed by atoms with E-state index >= 15 is 0 Å². The quantitative estimate of drug-likeness (QED) is 0.848. The van der Waals surface area contributed by atoms with Gasteiger partial charge in [-0.2, -0.15) is 4.31 Å². The van der Waals surface area contributed by atoms with Crippen molar-refractivity contribution in [2.24, 2.45) is 0 Å². The molecule has 5 nitrogen and oxygen atoms in total. The van der Waals surface area contributed by atoms with E-state index in [2.05, 4.69) is 4.74 Å². The predicted octanol–water partition coefficient (Wildman–Crippen LogP) is 2.38. The van der Waals surface area contributed by atoms with Crippen LogP contribution in [0.3, 0.4) is 0 Å². The summed E-state index contributed by atoms with van der Waals surface area (Å²) in [5, 5.41) is 0. The molecular weight excluding hydrogens is 323 g/mol. The van der Waals surface area contributed by atoms with Gasteiger partial charge < -0.3 is 9.47 Å². The van der Waals surface area contributed by atoms with E-state index in [1.54, 1.807) is 13.8 Å².